The minimum atomic E-state index is -0.499. The summed E-state index contributed by atoms with van der Waals surface area (Å²) < 4.78 is 0. The molecule has 2 unspecified atom stereocenters. The van der Waals surface area contributed by atoms with Crippen LogP contribution in [0, 0.1) is 5.92 Å². The van der Waals surface area contributed by atoms with Crippen molar-refractivity contribution in [2.45, 2.75) is 37.3 Å². The van der Waals surface area contributed by atoms with Gasteiger partial charge in [-0.05, 0) is 45.2 Å². The van der Waals surface area contributed by atoms with Crippen LogP contribution < -0.4 is 11.1 Å². The van der Waals surface area contributed by atoms with E-state index in [9.17, 15) is 4.79 Å². The predicted molar refractivity (Wildman–Crippen MR) is 74.7 cm³/mol. The molecule has 0 aromatic carbocycles. The molecule has 108 valence electrons. The molecular formula is C14H26N4O. The molecule has 1 amide bonds. The van der Waals surface area contributed by atoms with Crippen molar-refractivity contribution in [3.8, 4) is 0 Å². The fraction of sp³-hybridized carbons (Fsp3) is 0.929. The van der Waals surface area contributed by atoms with Gasteiger partial charge in [-0.1, -0.05) is 0 Å². The third-order valence-corrected chi connectivity index (χ3v) is 5.30. The lowest BCUT2D eigenvalue weighted by atomic mass is 9.91. The van der Waals surface area contributed by atoms with Crippen molar-refractivity contribution in [3.05, 3.63) is 0 Å². The second kappa shape index (κ2) is 5.04. The minimum absolute atomic E-state index is 0.175. The maximum atomic E-state index is 12.0. The summed E-state index contributed by atoms with van der Waals surface area (Å²) in [6.45, 7) is 5.36. The molecule has 0 bridgehead atoms. The quantitative estimate of drug-likeness (QED) is 0.712. The molecular weight excluding hydrogens is 240 g/mol. The van der Waals surface area contributed by atoms with Crippen molar-refractivity contribution >= 4 is 5.91 Å². The normalized spacial score (nSPS) is 31.9. The SMILES string of the molecule is CNC(CN1CCN2CCCC2C1)(C(N)=O)C1CC1. The Kier molecular flexibility index (Phi) is 3.53. The van der Waals surface area contributed by atoms with Gasteiger partial charge in [0.15, 0.2) is 0 Å². The number of hydrogen-bond donors (Lipinski definition) is 2. The Labute approximate surface area is 115 Å². The van der Waals surface area contributed by atoms with E-state index in [0.29, 0.717) is 12.0 Å². The Balaban J connectivity index is 1.67. The van der Waals surface area contributed by atoms with E-state index >= 15 is 0 Å². The first-order valence-electron chi connectivity index (χ1n) is 7.61. The highest BCUT2D eigenvalue weighted by Gasteiger charge is 2.50. The number of piperazine rings is 1. The molecule has 3 rings (SSSR count). The summed E-state index contributed by atoms with van der Waals surface area (Å²) in [6, 6.07) is 0.704. The molecule has 0 aromatic heterocycles. The summed E-state index contributed by atoms with van der Waals surface area (Å²) in [5.74, 6) is 0.267. The summed E-state index contributed by atoms with van der Waals surface area (Å²) >= 11 is 0. The number of nitrogens with one attached hydrogen (secondary N) is 1. The molecule has 1 aliphatic carbocycles. The highest BCUT2D eigenvalue weighted by Crippen LogP contribution is 2.40. The van der Waals surface area contributed by atoms with E-state index in [1.165, 1.54) is 19.4 Å². The topological polar surface area (TPSA) is 61.6 Å². The number of carbonyl (C=O) groups excluding carboxylic acids is 1. The molecule has 0 spiro atoms. The second-order valence-electron chi connectivity index (χ2n) is 6.43. The first-order chi connectivity index (χ1) is 9.15. The van der Waals surface area contributed by atoms with Gasteiger partial charge < -0.3 is 11.1 Å². The number of hydrogen-bond acceptors (Lipinski definition) is 4. The molecule has 0 aromatic rings. The smallest absolute Gasteiger partial charge is 0.239 e. The summed E-state index contributed by atoms with van der Waals surface area (Å²) in [7, 11) is 1.88. The number of nitrogens with zero attached hydrogens (tertiary/aromatic N) is 2. The Hall–Kier alpha value is -0.650. The van der Waals surface area contributed by atoms with E-state index in [1.54, 1.807) is 0 Å². The molecule has 0 radical (unpaired) electrons. The van der Waals surface area contributed by atoms with E-state index in [1.807, 2.05) is 7.05 Å². The van der Waals surface area contributed by atoms with E-state index in [4.69, 9.17) is 5.73 Å². The summed E-state index contributed by atoms with van der Waals surface area (Å²) in [5, 5.41) is 3.25. The molecule has 5 nitrogen and oxygen atoms in total. The van der Waals surface area contributed by atoms with Crippen LogP contribution in [0.2, 0.25) is 0 Å². The average molecular weight is 266 g/mol. The highest BCUT2D eigenvalue weighted by molar-refractivity contribution is 5.86. The van der Waals surface area contributed by atoms with Gasteiger partial charge in [0, 0.05) is 32.2 Å². The second-order valence-corrected chi connectivity index (χ2v) is 6.43. The summed E-state index contributed by atoms with van der Waals surface area (Å²) in [6.07, 6.45) is 4.90. The Morgan fingerprint density at radius 3 is 2.74 bits per heavy atom. The third kappa shape index (κ3) is 2.39. The first kappa shape index (κ1) is 13.3. The molecule has 2 atom stereocenters. The van der Waals surface area contributed by atoms with Gasteiger partial charge in [-0.3, -0.25) is 14.6 Å². The van der Waals surface area contributed by atoms with Gasteiger partial charge in [-0.2, -0.15) is 0 Å². The van der Waals surface area contributed by atoms with Crippen molar-refractivity contribution < 1.29 is 4.79 Å². The molecule has 3 fully saturated rings. The zero-order valence-corrected chi connectivity index (χ0v) is 11.9. The lowest BCUT2D eigenvalue weighted by molar-refractivity contribution is -0.126. The number of carbonyl (C=O) groups is 1. The molecule has 2 heterocycles. The molecule has 2 saturated heterocycles. The van der Waals surface area contributed by atoms with Gasteiger partial charge in [-0.25, -0.2) is 0 Å². The van der Waals surface area contributed by atoms with Crippen molar-refractivity contribution in [2.24, 2.45) is 11.7 Å². The van der Waals surface area contributed by atoms with Crippen LogP contribution in [0.15, 0.2) is 0 Å². The van der Waals surface area contributed by atoms with E-state index in [0.717, 1.165) is 39.0 Å². The van der Waals surface area contributed by atoms with Crippen LogP contribution in [0.1, 0.15) is 25.7 Å². The molecule has 2 aliphatic heterocycles. The number of amides is 1. The van der Waals surface area contributed by atoms with Crippen LogP contribution >= 0.6 is 0 Å². The Morgan fingerprint density at radius 1 is 1.32 bits per heavy atom. The standard InChI is InChI=1S/C14H26N4O/c1-16-14(13(15)19,11-4-5-11)10-17-7-8-18-6-2-3-12(18)9-17/h11-12,16H,2-10H2,1H3,(H2,15,19). The van der Waals surface area contributed by atoms with Gasteiger partial charge >= 0.3 is 0 Å². The van der Waals surface area contributed by atoms with Gasteiger partial charge in [0.05, 0.1) is 0 Å². The number of rotatable bonds is 5. The third-order valence-electron chi connectivity index (χ3n) is 5.30. The van der Waals surface area contributed by atoms with Crippen molar-refractivity contribution in [1.29, 1.82) is 0 Å². The summed E-state index contributed by atoms with van der Waals surface area (Å²) in [4.78, 5) is 17.0. The van der Waals surface area contributed by atoms with Gasteiger partial charge in [-0.15, -0.1) is 0 Å². The predicted octanol–water partition coefficient (Wildman–Crippen LogP) is -0.380. The first-order valence-corrected chi connectivity index (χ1v) is 7.61. The van der Waals surface area contributed by atoms with Crippen LogP contribution in [0.5, 0.6) is 0 Å². The van der Waals surface area contributed by atoms with E-state index < -0.39 is 5.54 Å². The summed E-state index contributed by atoms with van der Waals surface area (Å²) in [5.41, 5.74) is 5.21. The number of primary amides is 1. The van der Waals surface area contributed by atoms with Gasteiger partial charge in [0.2, 0.25) is 5.91 Å². The molecule has 5 heteroatoms. The maximum Gasteiger partial charge on any atom is 0.239 e. The number of likely N-dealkylation sites (N-methyl/N-ethyl adjacent to an activating group) is 1. The van der Waals surface area contributed by atoms with E-state index in [-0.39, 0.29) is 5.91 Å². The van der Waals surface area contributed by atoms with Crippen LogP contribution in [-0.4, -0.2) is 67.1 Å². The molecule has 19 heavy (non-hydrogen) atoms. The molecule has 3 aliphatic rings. The zero-order chi connectivity index (χ0) is 13.5. The zero-order valence-electron chi connectivity index (χ0n) is 11.9. The van der Waals surface area contributed by atoms with Crippen LogP contribution in [0.4, 0.5) is 0 Å². The van der Waals surface area contributed by atoms with Gasteiger partial charge in [0.1, 0.15) is 5.54 Å². The van der Waals surface area contributed by atoms with Gasteiger partial charge in [0.25, 0.3) is 0 Å². The molecule has 3 N–H and O–H groups in total. The van der Waals surface area contributed by atoms with Crippen molar-refractivity contribution in [1.82, 2.24) is 15.1 Å². The average Bonchev–Trinajstić information content (AvgIpc) is 3.14. The highest BCUT2D eigenvalue weighted by atomic mass is 16.1. The monoisotopic (exact) mass is 266 g/mol. The Morgan fingerprint density at radius 2 is 2.11 bits per heavy atom. The fourth-order valence-electron chi connectivity index (χ4n) is 3.94. The van der Waals surface area contributed by atoms with Crippen LogP contribution in [0.3, 0.4) is 0 Å². The largest absolute Gasteiger partial charge is 0.368 e. The lowest BCUT2D eigenvalue weighted by Crippen LogP contribution is -2.64. The van der Waals surface area contributed by atoms with E-state index in [2.05, 4.69) is 15.1 Å². The van der Waals surface area contributed by atoms with Crippen molar-refractivity contribution in [3.63, 3.8) is 0 Å². The van der Waals surface area contributed by atoms with Crippen LogP contribution in [-0.2, 0) is 4.79 Å². The van der Waals surface area contributed by atoms with Crippen molar-refractivity contribution in [2.75, 3.05) is 39.8 Å². The minimum Gasteiger partial charge on any atom is -0.368 e. The molecule has 1 saturated carbocycles. The lowest BCUT2D eigenvalue weighted by Gasteiger charge is -2.42. The number of fused-ring (bicyclic) bond motifs is 1. The Bertz CT molecular complexity index is 357. The maximum absolute atomic E-state index is 12.0. The fourth-order valence-corrected chi connectivity index (χ4v) is 3.94. The number of nitrogens with two attached hydrogens (primary N) is 1. The van der Waals surface area contributed by atoms with Crippen LogP contribution in [0.25, 0.3) is 0 Å².